The predicted octanol–water partition coefficient (Wildman–Crippen LogP) is 3.39. The zero-order chi connectivity index (χ0) is 15.4. The van der Waals surface area contributed by atoms with E-state index < -0.39 is 0 Å². The molecule has 3 aromatic rings. The Kier molecular flexibility index (Phi) is 3.96. The lowest BCUT2D eigenvalue weighted by atomic mass is 10.2. The van der Waals surface area contributed by atoms with E-state index in [0.717, 1.165) is 22.2 Å². The Morgan fingerprint density at radius 1 is 1.05 bits per heavy atom. The molecule has 0 aliphatic rings. The number of aromatic nitrogens is 2. The second-order valence-electron chi connectivity index (χ2n) is 4.78. The van der Waals surface area contributed by atoms with Gasteiger partial charge in [-0.3, -0.25) is 5.43 Å². The molecular weight excluding hydrogens is 276 g/mol. The van der Waals surface area contributed by atoms with Crippen LogP contribution in [0.15, 0.2) is 53.6 Å². The van der Waals surface area contributed by atoms with Gasteiger partial charge in [0.05, 0.1) is 18.8 Å². The van der Waals surface area contributed by atoms with Crippen LogP contribution in [0.3, 0.4) is 0 Å². The summed E-state index contributed by atoms with van der Waals surface area (Å²) < 4.78 is 5.13. The first-order valence-corrected chi connectivity index (χ1v) is 6.93. The van der Waals surface area contributed by atoms with Crippen molar-refractivity contribution in [2.24, 2.45) is 5.10 Å². The number of anilines is 1. The minimum Gasteiger partial charge on any atom is -0.497 e. The molecule has 1 heterocycles. The number of hydrogen-bond donors (Lipinski definition) is 1. The molecule has 0 aliphatic heterocycles. The summed E-state index contributed by atoms with van der Waals surface area (Å²) in [6.07, 6.45) is 1.74. The van der Waals surface area contributed by atoms with E-state index in [2.05, 4.69) is 20.5 Å². The third-order valence-electron chi connectivity index (χ3n) is 3.21. The van der Waals surface area contributed by atoms with Crippen LogP contribution in [-0.2, 0) is 0 Å². The van der Waals surface area contributed by atoms with E-state index in [4.69, 9.17) is 4.74 Å². The Bertz CT molecular complexity index is 813. The number of hydrogen-bond acceptors (Lipinski definition) is 5. The molecular formula is C17H16N4O. The van der Waals surface area contributed by atoms with Crippen LogP contribution in [-0.4, -0.2) is 23.3 Å². The van der Waals surface area contributed by atoms with E-state index in [-0.39, 0.29) is 0 Å². The van der Waals surface area contributed by atoms with Crippen molar-refractivity contribution >= 4 is 22.9 Å². The summed E-state index contributed by atoms with van der Waals surface area (Å²) in [7, 11) is 1.65. The average Bonchev–Trinajstić information content (AvgIpc) is 2.55. The SMILES string of the molecule is COc1ccc(/C=N/Nc2nc(C)nc3ccccc23)cc1. The second-order valence-corrected chi connectivity index (χ2v) is 4.78. The molecule has 22 heavy (non-hydrogen) atoms. The number of aryl methyl sites for hydroxylation is 1. The van der Waals surface area contributed by atoms with Crippen LogP contribution in [0.25, 0.3) is 10.9 Å². The fourth-order valence-electron chi connectivity index (χ4n) is 2.14. The molecule has 1 aromatic heterocycles. The minimum absolute atomic E-state index is 0.702. The average molecular weight is 292 g/mol. The zero-order valence-electron chi connectivity index (χ0n) is 12.4. The topological polar surface area (TPSA) is 59.4 Å². The molecule has 0 unspecified atom stereocenters. The highest BCUT2D eigenvalue weighted by molar-refractivity contribution is 5.89. The largest absolute Gasteiger partial charge is 0.497 e. The van der Waals surface area contributed by atoms with Crippen molar-refractivity contribution in [3.05, 3.63) is 59.9 Å². The third kappa shape index (κ3) is 3.03. The highest BCUT2D eigenvalue weighted by Gasteiger charge is 2.03. The molecule has 0 bridgehead atoms. The fourth-order valence-corrected chi connectivity index (χ4v) is 2.14. The van der Waals surface area contributed by atoms with Crippen LogP contribution in [0.4, 0.5) is 5.82 Å². The quantitative estimate of drug-likeness (QED) is 0.591. The number of para-hydroxylation sites is 1. The van der Waals surface area contributed by atoms with Gasteiger partial charge in [0.25, 0.3) is 0 Å². The van der Waals surface area contributed by atoms with E-state index >= 15 is 0 Å². The number of nitrogens with one attached hydrogen (secondary N) is 1. The van der Waals surface area contributed by atoms with Crippen molar-refractivity contribution in [2.75, 3.05) is 12.5 Å². The van der Waals surface area contributed by atoms with Crippen LogP contribution >= 0.6 is 0 Å². The Labute approximate surface area is 128 Å². The van der Waals surface area contributed by atoms with Gasteiger partial charge in [0.1, 0.15) is 11.6 Å². The summed E-state index contributed by atoms with van der Waals surface area (Å²) in [5, 5.41) is 5.20. The summed E-state index contributed by atoms with van der Waals surface area (Å²) in [6, 6.07) is 15.5. The maximum absolute atomic E-state index is 5.13. The van der Waals surface area contributed by atoms with Crippen molar-refractivity contribution in [2.45, 2.75) is 6.92 Å². The van der Waals surface area contributed by atoms with Gasteiger partial charge < -0.3 is 4.74 Å². The number of nitrogens with zero attached hydrogens (tertiary/aromatic N) is 3. The lowest BCUT2D eigenvalue weighted by Crippen LogP contribution is -1.98. The lowest BCUT2D eigenvalue weighted by Gasteiger charge is -2.05. The molecule has 3 rings (SSSR count). The van der Waals surface area contributed by atoms with Gasteiger partial charge in [-0.2, -0.15) is 5.10 Å². The number of hydrazone groups is 1. The van der Waals surface area contributed by atoms with E-state index in [9.17, 15) is 0 Å². The van der Waals surface area contributed by atoms with Crippen LogP contribution in [0.5, 0.6) is 5.75 Å². The maximum Gasteiger partial charge on any atom is 0.157 e. The van der Waals surface area contributed by atoms with Gasteiger partial charge in [-0.1, -0.05) is 12.1 Å². The van der Waals surface area contributed by atoms with Crippen LogP contribution in [0.2, 0.25) is 0 Å². The highest BCUT2D eigenvalue weighted by Crippen LogP contribution is 2.19. The van der Waals surface area contributed by atoms with Crippen LogP contribution < -0.4 is 10.2 Å². The number of ether oxygens (including phenoxy) is 1. The predicted molar refractivity (Wildman–Crippen MR) is 88.5 cm³/mol. The van der Waals surface area contributed by atoms with E-state index in [1.165, 1.54) is 0 Å². The fraction of sp³-hybridized carbons (Fsp3) is 0.118. The molecule has 2 aromatic carbocycles. The maximum atomic E-state index is 5.13. The highest BCUT2D eigenvalue weighted by atomic mass is 16.5. The summed E-state index contributed by atoms with van der Waals surface area (Å²) in [4.78, 5) is 8.81. The Balaban J connectivity index is 1.82. The molecule has 0 saturated heterocycles. The Morgan fingerprint density at radius 2 is 1.82 bits per heavy atom. The number of rotatable bonds is 4. The van der Waals surface area contributed by atoms with Gasteiger partial charge in [0, 0.05) is 5.39 Å². The lowest BCUT2D eigenvalue weighted by molar-refractivity contribution is 0.415. The van der Waals surface area contributed by atoms with Gasteiger partial charge in [-0.05, 0) is 48.9 Å². The second kappa shape index (κ2) is 6.22. The van der Waals surface area contributed by atoms with Crippen molar-refractivity contribution in [3.8, 4) is 5.75 Å². The normalized spacial score (nSPS) is 11.0. The molecule has 0 amide bonds. The summed E-state index contributed by atoms with van der Waals surface area (Å²) in [5.74, 6) is 2.23. The first-order chi connectivity index (χ1) is 10.8. The van der Waals surface area contributed by atoms with Crippen LogP contribution in [0.1, 0.15) is 11.4 Å². The van der Waals surface area contributed by atoms with Gasteiger partial charge in [-0.25, -0.2) is 9.97 Å². The van der Waals surface area contributed by atoms with E-state index in [1.54, 1.807) is 13.3 Å². The monoisotopic (exact) mass is 292 g/mol. The van der Waals surface area contributed by atoms with Crippen molar-refractivity contribution in [1.29, 1.82) is 0 Å². The summed E-state index contributed by atoms with van der Waals surface area (Å²) >= 11 is 0. The molecule has 0 aliphatic carbocycles. The molecule has 0 spiro atoms. The summed E-state index contributed by atoms with van der Waals surface area (Å²) in [5.41, 5.74) is 4.87. The molecule has 1 N–H and O–H groups in total. The first kappa shape index (κ1) is 14.0. The van der Waals surface area contributed by atoms with Gasteiger partial charge >= 0.3 is 0 Å². The van der Waals surface area contributed by atoms with Gasteiger partial charge in [-0.15, -0.1) is 0 Å². The number of fused-ring (bicyclic) bond motifs is 1. The van der Waals surface area contributed by atoms with E-state index in [0.29, 0.717) is 11.6 Å². The Hall–Kier alpha value is -2.95. The molecule has 110 valence electrons. The van der Waals surface area contributed by atoms with Crippen LogP contribution in [0, 0.1) is 6.92 Å². The first-order valence-electron chi connectivity index (χ1n) is 6.93. The van der Waals surface area contributed by atoms with Crippen molar-refractivity contribution < 1.29 is 4.74 Å². The standard InChI is InChI=1S/C17H16N4O/c1-12-19-16-6-4-3-5-15(16)17(20-12)21-18-11-13-7-9-14(22-2)10-8-13/h3-11H,1-2H3,(H,19,20,21)/b18-11+. The Morgan fingerprint density at radius 3 is 2.59 bits per heavy atom. The molecule has 0 atom stereocenters. The molecule has 0 saturated carbocycles. The van der Waals surface area contributed by atoms with Gasteiger partial charge in [0.15, 0.2) is 5.82 Å². The smallest absolute Gasteiger partial charge is 0.157 e. The zero-order valence-corrected chi connectivity index (χ0v) is 12.4. The van der Waals surface area contributed by atoms with E-state index in [1.807, 2.05) is 55.5 Å². The molecule has 5 heteroatoms. The summed E-state index contributed by atoms with van der Waals surface area (Å²) in [6.45, 7) is 1.87. The number of benzene rings is 2. The molecule has 0 fully saturated rings. The van der Waals surface area contributed by atoms with Crippen molar-refractivity contribution in [1.82, 2.24) is 9.97 Å². The van der Waals surface area contributed by atoms with Crippen molar-refractivity contribution in [3.63, 3.8) is 0 Å². The minimum atomic E-state index is 0.702. The molecule has 5 nitrogen and oxygen atoms in total. The molecule has 0 radical (unpaired) electrons. The third-order valence-corrected chi connectivity index (χ3v) is 3.21. The number of methoxy groups -OCH3 is 1. The van der Waals surface area contributed by atoms with Gasteiger partial charge in [0.2, 0.25) is 0 Å².